The first kappa shape index (κ1) is 13.5. The Morgan fingerprint density at radius 2 is 2.21 bits per heavy atom. The van der Waals surface area contributed by atoms with Crippen LogP contribution in [0.2, 0.25) is 0 Å². The summed E-state index contributed by atoms with van der Waals surface area (Å²) < 4.78 is 0. The van der Waals surface area contributed by atoms with Crippen molar-refractivity contribution in [2.24, 2.45) is 4.99 Å². The maximum Gasteiger partial charge on any atom is 0.0748 e. The summed E-state index contributed by atoms with van der Waals surface area (Å²) in [6.07, 6.45) is 6.05. The van der Waals surface area contributed by atoms with Crippen LogP contribution in [0.15, 0.2) is 27.7 Å². The largest absolute Gasteiger partial charge is 0.389 e. The lowest BCUT2D eigenvalue weighted by Gasteiger charge is -2.07. The molecule has 0 heterocycles. The third-order valence-corrected chi connectivity index (χ3v) is 2.28. The van der Waals surface area contributed by atoms with E-state index in [0.717, 1.165) is 17.7 Å². The molecule has 0 aromatic heterocycles. The number of nitrogens with zero attached hydrogens (tertiary/aromatic N) is 1. The Bertz CT molecular complexity index is 244. The molecule has 0 saturated carbocycles. The van der Waals surface area contributed by atoms with Crippen LogP contribution in [-0.2, 0) is 0 Å². The molecule has 0 spiro atoms. The average molecular weight is 213 g/mol. The summed E-state index contributed by atoms with van der Waals surface area (Å²) in [4.78, 5) is 4.20. The van der Waals surface area contributed by atoms with Crippen molar-refractivity contribution >= 4 is 18.0 Å². The third kappa shape index (κ3) is 5.25. The van der Waals surface area contributed by atoms with Crippen LogP contribution < -0.4 is 0 Å². The second kappa shape index (κ2) is 7.83. The van der Waals surface area contributed by atoms with E-state index in [1.165, 1.54) is 0 Å². The predicted octanol–water partition coefficient (Wildman–Crippen LogP) is 3.00. The predicted molar refractivity (Wildman–Crippen MR) is 65.8 cm³/mol. The average Bonchev–Trinajstić information content (AvgIpc) is 2.17. The lowest BCUT2D eigenvalue weighted by Crippen LogP contribution is -2.05. The lowest BCUT2D eigenvalue weighted by molar-refractivity contribution is 0.206. The molecule has 0 radical (unpaired) electrons. The quantitative estimate of drug-likeness (QED) is 0.562. The van der Waals surface area contributed by atoms with Crippen LogP contribution in [0.25, 0.3) is 0 Å². The normalized spacial score (nSPS) is 16.4. The van der Waals surface area contributed by atoms with Gasteiger partial charge in [-0.05, 0) is 43.6 Å². The summed E-state index contributed by atoms with van der Waals surface area (Å²) in [6, 6.07) is 0. The minimum atomic E-state index is -0.354. The molecule has 0 fully saturated rings. The Labute approximate surface area is 90.8 Å². The van der Waals surface area contributed by atoms with Crippen molar-refractivity contribution in [2.45, 2.75) is 33.3 Å². The van der Waals surface area contributed by atoms with E-state index >= 15 is 0 Å². The number of hydrogen-bond donors (Lipinski definition) is 1. The van der Waals surface area contributed by atoms with Crippen LogP contribution in [-0.4, -0.2) is 23.7 Å². The van der Waals surface area contributed by atoms with Crippen molar-refractivity contribution in [3.63, 3.8) is 0 Å². The number of aliphatic hydroxyl groups excluding tert-OH is 1. The van der Waals surface area contributed by atoms with Crippen LogP contribution in [0.1, 0.15) is 27.2 Å². The van der Waals surface area contributed by atoms with Crippen molar-refractivity contribution in [1.29, 1.82) is 0 Å². The molecule has 80 valence electrons. The Balaban J connectivity index is 4.63. The maximum atomic E-state index is 9.56. The summed E-state index contributed by atoms with van der Waals surface area (Å²) >= 11 is 1.61. The Morgan fingerprint density at radius 1 is 1.57 bits per heavy atom. The molecular weight excluding hydrogens is 194 g/mol. The maximum absolute atomic E-state index is 9.56. The highest BCUT2D eigenvalue weighted by Crippen LogP contribution is 2.12. The molecule has 0 aromatic carbocycles. The van der Waals surface area contributed by atoms with Crippen molar-refractivity contribution in [2.75, 3.05) is 6.26 Å². The molecule has 2 nitrogen and oxygen atoms in total. The lowest BCUT2D eigenvalue weighted by atomic mass is 10.1. The van der Waals surface area contributed by atoms with E-state index in [2.05, 4.69) is 4.99 Å². The number of aliphatic imine (C=N–C) groups is 1. The topological polar surface area (TPSA) is 32.6 Å². The van der Waals surface area contributed by atoms with Crippen LogP contribution in [0.3, 0.4) is 0 Å². The van der Waals surface area contributed by atoms with Crippen molar-refractivity contribution in [1.82, 2.24) is 0 Å². The molecule has 0 aromatic rings. The van der Waals surface area contributed by atoms with Gasteiger partial charge in [-0.15, -0.1) is 11.8 Å². The standard InChI is InChI=1S/C11H19NOS/c1-5-11(13)9(3)7-10(8-14-4)12-6-2/h6-8,11,13H,5H2,1-4H3/b9-7+,10-8-,12-6?/t11-/m0/s1. The highest BCUT2D eigenvalue weighted by molar-refractivity contribution is 8.01. The number of thioether (sulfide) groups is 1. The summed E-state index contributed by atoms with van der Waals surface area (Å²) in [6.45, 7) is 5.77. The van der Waals surface area contributed by atoms with Crippen molar-refractivity contribution in [3.05, 3.63) is 22.8 Å². The Hall–Kier alpha value is -0.540. The molecule has 1 N–H and O–H groups in total. The summed E-state index contributed by atoms with van der Waals surface area (Å²) in [7, 11) is 0. The first-order chi connectivity index (χ1) is 6.65. The number of rotatable bonds is 5. The van der Waals surface area contributed by atoms with E-state index in [4.69, 9.17) is 0 Å². The number of hydrogen-bond acceptors (Lipinski definition) is 3. The molecule has 0 unspecified atom stereocenters. The van der Waals surface area contributed by atoms with E-state index in [9.17, 15) is 5.11 Å². The zero-order chi connectivity index (χ0) is 11.0. The summed E-state index contributed by atoms with van der Waals surface area (Å²) in [5, 5.41) is 11.5. The van der Waals surface area contributed by atoms with Crippen molar-refractivity contribution < 1.29 is 5.11 Å². The van der Waals surface area contributed by atoms with Gasteiger partial charge in [-0.25, -0.2) is 0 Å². The van der Waals surface area contributed by atoms with Gasteiger partial charge in [0, 0.05) is 6.21 Å². The monoisotopic (exact) mass is 213 g/mol. The minimum Gasteiger partial charge on any atom is -0.389 e. The SMILES string of the molecule is CC=NC(=C\SC)/C=C(\C)[C@@H](O)CC. The molecule has 0 amide bonds. The van der Waals surface area contributed by atoms with Gasteiger partial charge in [-0.1, -0.05) is 6.92 Å². The Morgan fingerprint density at radius 3 is 2.64 bits per heavy atom. The molecular formula is C11H19NOS. The second-order valence-corrected chi connectivity index (χ2v) is 3.69. The van der Waals surface area contributed by atoms with E-state index in [1.54, 1.807) is 18.0 Å². The molecule has 14 heavy (non-hydrogen) atoms. The third-order valence-electron chi connectivity index (χ3n) is 1.80. The smallest absolute Gasteiger partial charge is 0.0748 e. The first-order valence-corrected chi connectivity index (χ1v) is 6.02. The van der Waals surface area contributed by atoms with Crippen LogP contribution >= 0.6 is 11.8 Å². The molecule has 0 aliphatic heterocycles. The first-order valence-electron chi connectivity index (χ1n) is 4.73. The van der Waals surface area contributed by atoms with E-state index in [0.29, 0.717) is 0 Å². The molecule has 0 bridgehead atoms. The zero-order valence-corrected chi connectivity index (χ0v) is 10.1. The molecule has 3 heteroatoms. The highest BCUT2D eigenvalue weighted by atomic mass is 32.2. The van der Waals surface area contributed by atoms with E-state index in [-0.39, 0.29) is 6.10 Å². The van der Waals surface area contributed by atoms with Gasteiger partial charge < -0.3 is 5.11 Å². The zero-order valence-electron chi connectivity index (χ0n) is 9.32. The Kier molecular flexibility index (Phi) is 7.52. The minimum absolute atomic E-state index is 0.354. The summed E-state index contributed by atoms with van der Waals surface area (Å²) in [5.74, 6) is 0. The second-order valence-electron chi connectivity index (χ2n) is 2.98. The van der Waals surface area contributed by atoms with Crippen LogP contribution in [0, 0.1) is 0 Å². The molecule has 0 aliphatic carbocycles. The van der Waals surface area contributed by atoms with Gasteiger partial charge in [0.15, 0.2) is 0 Å². The molecule has 0 aliphatic rings. The molecule has 1 atom stereocenters. The van der Waals surface area contributed by atoms with Gasteiger partial charge in [-0.2, -0.15) is 0 Å². The van der Waals surface area contributed by atoms with Gasteiger partial charge in [0.1, 0.15) is 0 Å². The molecule has 0 saturated heterocycles. The van der Waals surface area contributed by atoms with Crippen LogP contribution in [0.4, 0.5) is 0 Å². The summed E-state index contributed by atoms with van der Waals surface area (Å²) in [5.41, 5.74) is 1.85. The molecule has 0 rings (SSSR count). The fourth-order valence-electron chi connectivity index (χ4n) is 1.02. The fourth-order valence-corrected chi connectivity index (χ4v) is 1.39. The van der Waals surface area contributed by atoms with Gasteiger partial charge in [0.05, 0.1) is 11.8 Å². The van der Waals surface area contributed by atoms with Gasteiger partial charge >= 0.3 is 0 Å². The number of allylic oxidation sites excluding steroid dienone is 1. The van der Waals surface area contributed by atoms with E-state index < -0.39 is 0 Å². The van der Waals surface area contributed by atoms with Gasteiger partial charge in [0.2, 0.25) is 0 Å². The van der Waals surface area contributed by atoms with Gasteiger partial charge in [-0.3, -0.25) is 4.99 Å². The fraction of sp³-hybridized carbons (Fsp3) is 0.545. The van der Waals surface area contributed by atoms with Crippen molar-refractivity contribution in [3.8, 4) is 0 Å². The van der Waals surface area contributed by atoms with Crippen LogP contribution in [0.5, 0.6) is 0 Å². The highest BCUT2D eigenvalue weighted by Gasteiger charge is 2.02. The van der Waals surface area contributed by atoms with Gasteiger partial charge in [0.25, 0.3) is 0 Å². The van der Waals surface area contributed by atoms with E-state index in [1.807, 2.05) is 38.5 Å². The number of aliphatic hydroxyl groups is 1.